The minimum atomic E-state index is -0.0763. The van der Waals surface area contributed by atoms with Gasteiger partial charge in [0, 0.05) is 31.6 Å². The fourth-order valence-corrected chi connectivity index (χ4v) is 2.84. The minimum Gasteiger partial charge on any atom is -0.310 e. The Labute approximate surface area is 126 Å². The van der Waals surface area contributed by atoms with E-state index >= 15 is 0 Å². The van der Waals surface area contributed by atoms with E-state index in [1.165, 1.54) is 0 Å². The first-order valence-electron chi connectivity index (χ1n) is 7.19. The largest absolute Gasteiger partial charge is 0.310 e. The van der Waals surface area contributed by atoms with E-state index in [1.54, 1.807) is 33.7 Å². The number of carbonyl (C=O) groups is 1. The van der Waals surface area contributed by atoms with Gasteiger partial charge >= 0.3 is 0 Å². The summed E-state index contributed by atoms with van der Waals surface area (Å²) in [5.74, 6) is 0.461. The molecule has 8 heteroatoms. The minimum absolute atomic E-state index is 0.0109. The van der Waals surface area contributed by atoms with Crippen LogP contribution >= 0.6 is 0 Å². The number of amides is 1. The van der Waals surface area contributed by atoms with E-state index in [9.17, 15) is 4.79 Å². The predicted molar refractivity (Wildman–Crippen MR) is 78.1 cm³/mol. The summed E-state index contributed by atoms with van der Waals surface area (Å²) in [5.41, 5.74) is 2.76. The molecule has 0 fully saturated rings. The topological polar surface area (TPSA) is 90.0 Å². The molecule has 1 aliphatic carbocycles. The summed E-state index contributed by atoms with van der Waals surface area (Å²) >= 11 is 0. The van der Waals surface area contributed by atoms with E-state index < -0.39 is 0 Å². The van der Waals surface area contributed by atoms with Gasteiger partial charge in [-0.15, -0.1) is 5.10 Å². The molecule has 0 spiro atoms. The first-order valence-corrected chi connectivity index (χ1v) is 7.19. The van der Waals surface area contributed by atoms with Gasteiger partial charge in [0.05, 0.1) is 17.6 Å². The maximum Gasteiger partial charge on any atom is 0.229 e. The molecule has 1 amide bonds. The van der Waals surface area contributed by atoms with Gasteiger partial charge in [0.15, 0.2) is 5.65 Å². The molecule has 4 rings (SSSR count). The zero-order valence-corrected chi connectivity index (χ0v) is 12.1. The molecule has 1 unspecified atom stereocenters. The van der Waals surface area contributed by atoms with Crippen LogP contribution in [-0.4, -0.2) is 35.5 Å². The first-order chi connectivity index (χ1) is 10.7. The van der Waals surface area contributed by atoms with Crippen molar-refractivity contribution in [3.63, 3.8) is 0 Å². The van der Waals surface area contributed by atoms with Crippen molar-refractivity contribution >= 4 is 17.4 Å². The fraction of sp³-hybridized carbons (Fsp3) is 0.357. The van der Waals surface area contributed by atoms with Crippen LogP contribution in [0.2, 0.25) is 0 Å². The molecule has 3 aromatic heterocycles. The van der Waals surface area contributed by atoms with Gasteiger partial charge < -0.3 is 5.32 Å². The van der Waals surface area contributed by atoms with Crippen LogP contribution in [0.4, 0.5) is 5.82 Å². The quantitative estimate of drug-likeness (QED) is 0.748. The van der Waals surface area contributed by atoms with Crippen molar-refractivity contribution in [1.29, 1.82) is 0 Å². The maximum atomic E-state index is 12.5. The lowest BCUT2D eigenvalue weighted by molar-refractivity contribution is -0.120. The number of aryl methyl sites for hydroxylation is 2. The highest BCUT2D eigenvalue weighted by Crippen LogP contribution is 2.24. The summed E-state index contributed by atoms with van der Waals surface area (Å²) in [6.07, 6.45) is 5.69. The molecular formula is C14H15N7O. The average Bonchev–Trinajstić information content (AvgIpc) is 3.13. The summed E-state index contributed by atoms with van der Waals surface area (Å²) in [6.45, 7) is 0. The molecule has 112 valence electrons. The SMILES string of the molecule is Cn1nnc2c1CC(C(=O)Nc1ccn3nccc3n1)CC2. The van der Waals surface area contributed by atoms with Crippen molar-refractivity contribution in [2.24, 2.45) is 13.0 Å². The Morgan fingerprint density at radius 3 is 3.23 bits per heavy atom. The fourth-order valence-electron chi connectivity index (χ4n) is 2.84. The van der Waals surface area contributed by atoms with Crippen LogP contribution in [0.5, 0.6) is 0 Å². The third kappa shape index (κ3) is 2.12. The summed E-state index contributed by atoms with van der Waals surface area (Å²) in [5, 5.41) is 15.1. The van der Waals surface area contributed by atoms with Crippen LogP contribution in [0.15, 0.2) is 24.5 Å². The maximum absolute atomic E-state index is 12.5. The molecule has 1 aliphatic rings. The lowest BCUT2D eigenvalue weighted by Gasteiger charge is -2.20. The molecule has 0 aliphatic heterocycles. The molecule has 22 heavy (non-hydrogen) atoms. The average molecular weight is 297 g/mol. The lowest BCUT2D eigenvalue weighted by atomic mass is 9.89. The molecule has 3 heterocycles. The second-order valence-corrected chi connectivity index (χ2v) is 5.48. The predicted octanol–water partition coefficient (Wildman–Crippen LogP) is 0.601. The van der Waals surface area contributed by atoms with Crippen LogP contribution in [0.3, 0.4) is 0 Å². The van der Waals surface area contributed by atoms with Crippen LogP contribution < -0.4 is 5.32 Å². The molecule has 0 saturated heterocycles. The summed E-state index contributed by atoms with van der Waals surface area (Å²) < 4.78 is 3.41. The number of nitrogens with one attached hydrogen (secondary N) is 1. The monoisotopic (exact) mass is 297 g/mol. The van der Waals surface area contributed by atoms with Gasteiger partial charge in [0.1, 0.15) is 5.82 Å². The number of fused-ring (bicyclic) bond motifs is 2. The van der Waals surface area contributed by atoms with Gasteiger partial charge in [-0.1, -0.05) is 5.21 Å². The van der Waals surface area contributed by atoms with Crippen molar-refractivity contribution in [2.75, 3.05) is 5.32 Å². The molecular weight excluding hydrogens is 282 g/mol. The number of rotatable bonds is 2. The van der Waals surface area contributed by atoms with Crippen molar-refractivity contribution in [1.82, 2.24) is 29.6 Å². The first kappa shape index (κ1) is 12.9. The Kier molecular flexibility index (Phi) is 2.88. The summed E-state index contributed by atoms with van der Waals surface area (Å²) in [6, 6.07) is 3.54. The Morgan fingerprint density at radius 2 is 2.32 bits per heavy atom. The van der Waals surface area contributed by atoms with Gasteiger partial charge in [0.25, 0.3) is 0 Å². The van der Waals surface area contributed by atoms with E-state index in [2.05, 4.69) is 25.7 Å². The molecule has 3 aromatic rings. The Morgan fingerprint density at radius 1 is 1.41 bits per heavy atom. The van der Waals surface area contributed by atoms with E-state index in [0.717, 1.165) is 24.2 Å². The zero-order chi connectivity index (χ0) is 15.1. The molecule has 0 bridgehead atoms. The van der Waals surface area contributed by atoms with Gasteiger partial charge in [-0.3, -0.25) is 9.48 Å². The van der Waals surface area contributed by atoms with Gasteiger partial charge in [-0.2, -0.15) is 5.10 Å². The standard InChI is InChI=1S/C14H15N7O/c1-20-11-8-9(2-3-10(11)18-19-20)14(22)17-12-5-7-21-13(16-12)4-6-15-21/h4-7,9H,2-3,8H2,1H3,(H,16,17,22). The number of hydrogen-bond donors (Lipinski definition) is 1. The molecule has 1 N–H and O–H groups in total. The van der Waals surface area contributed by atoms with Crippen molar-refractivity contribution in [3.05, 3.63) is 35.9 Å². The summed E-state index contributed by atoms with van der Waals surface area (Å²) in [4.78, 5) is 16.8. The van der Waals surface area contributed by atoms with Gasteiger partial charge in [-0.05, 0) is 18.9 Å². The Bertz CT molecular complexity index is 850. The highest BCUT2D eigenvalue weighted by Gasteiger charge is 2.28. The Balaban J connectivity index is 1.51. The van der Waals surface area contributed by atoms with Gasteiger partial charge in [-0.25, -0.2) is 9.50 Å². The van der Waals surface area contributed by atoms with Gasteiger partial charge in [0.2, 0.25) is 5.91 Å². The van der Waals surface area contributed by atoms with Crippen LogP contribution in [-0.2, 0) is 24.7 Å². The van der Waals surface area contributed by atoms with Crippen LogP contribution in [0.25, 0.3) is 5.65 Å². The number of hydrogen-bond acceptors (Lipinski definition) is 5. The van der Waals surface area contributed by atoms with E-state index in [0.29, 0.717) is 17.9 Å². The molecule has 1 atom stereocenters. The zero-order valence-electron chi connectivity index (χ0n) is 12.1. The second-order valence-electron chi connectivity index (χ2n) is 5.48. The molecule has 8 nitrogen and oxygen atoms in total. The number of nitrogens with zero attached hydrogens (tertiary/aromatic N) is 6. The molecule has 0 aromatic carbocycles. The lowest BCUT2D eigenvalue weighted by Crippen LogP contribution is -2.29. The third-order valence-electron chi connectivity index (χ3n) is 4.07. The van der Waals surface area contributed by atoms with E-state index in [1.807, 2.05) is 7.05 Å². The number of carbonyl (C=O) groups excluding carboxylic acids is 1. The molecule has 0 saturated carbocycles. The highest BCUT2D eigenvalue weighted by atomic mass is 16.1. The van der Waals surface area contributed by atoms with Crippen molar-refractivity contribution < 1.29 is 4.79 Å². The van der Waals surface area contributed by atoms with Crippen LogP contribution in [0, 0.1) is 5.92 Å². The van der Waals surface area contributed by atoms with E-state index in [-0.39, 0.29) is 11.8 Å². The van der Waals surface area contributed by atoms with Crippen LogP contribution in [0.1, 0.15) is 17.8 Å². The Hall–Kier alpha value is -2.77. The summed E-state index contributed by atoms with van der Waals surface area (Å²) in [7, 11) is 1.86. The third-order valence-corrected chi connectivity index (χ3v) is 4.07. The number of aromatic nitrogens is 6. The normalized spacial score (nSPS) is 17.4. The smallest absolute Gasteiger partial charge is 0.229 e. The number of anilines is 1. The highest BCUT2D eigenvalue weighted by molar-refractivity contribution is 5.92. The van der Waals surface area contributed by atoms with E-state index in [4.69, 9.17) is 0 Å². The second kappa shape index (κ2) is 4.90. The van der Waals surface area contributed by atoms with Crippen molar-refractivity contribution in [3.8, 4) is 0 Å². The van der Waals surface area contributed by atoms with Crippen molar-refractivity contribution in [2.45, 2.75) is 19.3 Å². The molecule has 0 radical (unpaired) electrons.